The Morgan fingerprint density at radius 3 is 2.13 bits per heavy atom. The molecule has 1 aliphatic heterocycles. The summed E-state index contributed by atoms with van der Waals surface area (Å²) in [6.07, 6.45) is 4.46. The number of carbonyl (C=O) groups is 4. The van der Waals surface area contributed by atoms with Crippen LogP contribution in [0.2, 0.25) is 5.02 Å². The van der Waals surface area contributed by atoms with Gasteiger partial charge in [-0.3, -0.25) is 19.2 Å². The van der Waals surface area contributed by atoms with Crippen LogP contribution < -0.4 is 0 Å². The lowest BCUT2D eigenvalue weighted by molar-refractivity contribution is -0.154. The molecule has 2 aromatic carbocycles. The van der Waals surface area contributed by atoms with Crippen LogP contribution in [0.15, 0.2) is 60.7 Å². The molecule has 2 aliphatic rings. The number of hydrazine groups is 1. The van der Waals surface area contributed by atoms with E-state index in [1.54, 1.807) is 12.1 Å². The molecule has 1 aliphatic carbocycles. The maximum atomic E-state index is 13.3. The number of imide groups is 1. The lowest BCUT2D eigenvalue weighted by Crippen LogP contribution is -2.52. The largest absolute Gasteiger partial charge is 0.292 e. The Balaban J connectivity index is 1.70. The number of fused-ring (bicyclic) bond motifs is 1. The zero-order valence-electron chi connectivity index (χ0n) is 16.3. The first kappa shape index (κ1) is 20.9. The van der Waals surface area contributed by atoms with Crippen molar-refractivity contribution >= 4 is 35.1 Å². The van der Waals surface area contributed by atoms with Crippen LogP contribution in [0.5, 0.6) is 0 Å². The van der Waals surface area contributed by atoms with Crippen molar-refractivity contribution in [3.05, 3.63) is 82.6 Å². The average molecular weight is 441 g/mol. The van der Waals surface area contributed by atoms with E-state index in [4.69, 9.17) is 11.6 Å². The zero-order chi connectivity index (χ0) is 22.1. The van der Waals surface area contributed by atoms with Gasteiger partial charge in [0.1, 0.15) is 12.4 Å². The molecule has 0 unspecified atom stereocenters. The molecule has 0 saturated carbocycles. The molecule has 0 radical (unpaired) electrons. The molecular formula is C23H18ClFN2O4. The van der Waals surface area contributed by atoms with Gasteiger partial charge in [0, 0.05) is 5.56 Å². The van der Waals surface area contributed by atoms with Crippen LogP contribution in [0.3, 0.4) is 0 Å². The number of rotatable bonds is 5. The van der Waals surface area contributed by atoms with Crippen LogP contribution in [0.4, 0.5) is 4.39 Å². The van der Waals surface area contributed by atoms with E-state index in [0.29, 0.717) is 12.8 Å². The van der Waals surface area contributed by atoms with Crippen LogP contribution in [-0.2, 0) is 9.59 Å². The molecule has 2 aromatic rings. The quantitative estimate of drug-likeness (QED) is 0.404. The smallest absolute Gasteiger partial charge is 0.274 e. The minimum atomic E-state index is -0.741. The third kappa shape index (κ3) is 3.88. The molecular weight excluding hydrogens is 423 g/mol. The number of halogens is 2. The van der Waals surface area contributed by atoms with Crippen molar-refractivity contribution < 1.29 is 23.6 Å². The van der Waals surface area contributed by atoms with Crippen LogP contribution in [0, 0.1) is 17.7 Å². The highest BCUT2D eigenvalue weighted by molar-refractivity contribution is 6.34. The SMILES string of the molecule is O=C(CN(C(=O)c1ccccc1Cl)N1C(=O)[C@H]2CC=CC[C@@H]2C1=O)c1ccc(F)cc1. The van der Waals surface area contributed by atoms with Gasteiger partial charge in [0.25, 0.3) is 17.7 Å². The third-order valence-electron chi connectivity index (χ3n) is 5.52. The first-order valence-corrected chi connectivity index (χ1v) is 10.1. The lowest BCUT2D eigenvalue weighted by Gasteiger charge is -2.30. The van der Waals surface area contributed by atoms with Crippen LogP contribution in [0.1, 0.15) is 33.6 Å². The molecule has 0 aromatic heterocycles. The molecule has 0 N–H and O–H groups in total. The number of amides is 3. The molecule has 3 amide bonds. The Morgan fingerprint density at radius 2 is 1.55 bits per heavy atom. The fourth-order valence-corrected chi connectivity index (χ4v) is 4.11. The van der Waals surface area contributed by atoms with E-state index >= 15 is 0 Å². The number of allylic oxidation sites excluding steroid dienone is 2. The highest BCUT2D eigenvalue weighted by Gasteiger charge is 2.51. The molecule has 8 heteroatoms. The normalized spacial score (nSPS) is 20.0. The predicted octanol–water partition coefficient (Wildman–Crippen LogP) is 3.67. The second kappa shape index (κ2) is 8.43. The standard InChI is InChI=1S/C23H18ClFN2O4/c24-19-8-4-3-7-18(19)21(29)26(13-20(28)14-9-11-15(25)12-10-14)27-22(30)16-5-1-2-6-17(16)23(27)31/h1-4,7-12,16-17H,5-6,13H2/t16-,17-/m0/s1. The Bertz CT molecular complexity index is 1070. The van der Waals surface area contributed by atoms with Crippen LogP contribution in [-0.4, -0.2) is 40.1 Å². The summed E-state index contributed by atoms with van der Waals surface area (Å²) in [7, 11) is 0. The Kier molecular flexibility index (Phi) is 5.69. The molecule has 31 heavy (non-hydrogen) atoms. The lowest BCUT2D eigenvalue weighted by atomic mass is 9.85. The summed E-state index contributed by atoms with van der Waals surface area (Å²) in [5.41, 5.74) is 0.209. The number of benzene rings is 2. The number of hydrogen-bond donors (Lipinski definition) is 0. The van der Waals surface area contributed by atoms with Gasteiger partial charge in [-0.05, 0) is 49.2 Å². The average Bonchev–Trinajstić information content (AvgIpc) is 3.03. The van der Waals surface area contributed by atoms with Gasteiger partial charge >= 0.3 is 0 Å². The fourth-order valence-electron chi connectivity index (χ4n) is 3.89. The number of carbonyl (C=O) groups excluding carboxylic acids is 4. The first-order valence-electron chi connectivity index (χ1n) is 9.76. The third-order valence-corrected chi connectivity index (χ3v) is 5.85. The second-order valence-corrected chi connectivity index (χ2v) is 7.82. The van der Waals surface area contributed by atoms with Gasteiger partial charge in [0.15, 0.2) is 5.78 Å². The maximum Gasteiger partial charge on any atom is 0.274 e. The summed E-state index contributed by atoms with van der Waals surface area (Å²) in [5.74, 6) is -3.98. The molecule has 6 nitrogen and oxygen atoms in total. The van der Waals surface area contributed by atoms with Crippen molar-refractivity contribution in [3.8, 4) is 0 Å². The summed E-state index contributed by atoms with van der Waals surface area (Å²) in [6.45, 7) is -0.569. The molecule has 0 bridgehead atoms. The summed E-state index contributed by atoms with van der Waals surface area (Å²) in [5, 5.41) is 1.77. The minimum absolute atomic E-state index is 0.0599. The summed E-state index contributed by atoms with van der Waals surface area (Å²) >= 11 is 6.16. The van der Waals surface area contributed by atoms with Crippen molar-refractivity contribution in [2.24, 2.45) is 11.8 Å². The molecule has 0 spiro atoms. The van der Waals surface area contributed by atoms with Gasteiger partial charge in [-0.1, -0.05) is 35.9 Å². The van der Waals surface area contributed by atoms with Crippen molar-refractivity contribution in [2.75, 3.05) is 6.54 Å². The Labute approximate surface area is 182 Å². The highest BCUT2D eigenvalue weighted by Crippen LogP contribution is 2.36. The predicted molar refractivity (Wildman–Crippen MR) is 110 cm³/mol. The number of ketones is 1. The van der Waals surface area contributed by atoms with Gasteiger partial charge < -0.3 is 0 Å². The first-order chi connectivity index (χ1) is 14.9. The molecule has 4 rings (SSSR count). The van der Waals surface area contributed by atoms with Gasteiger partial charge in [0.05, 0.1) is 22.4 Å². The van der Waals surface area contributed by atoms with E-state index in [-0.39, 0.29) is 16.1 Å². The van der Waals surface area contributed by atoms with Crippen molar-refractivity contribution in [3.63, 3.8) is 0 Å². The number of nitrogens with zero attached hydrogens (tertiary/aromatic N) is 2. The molecule has 1 heterocycles. The van der Waals surface area contributed by atoms with Crippen LogP contribution >= 0.6 is 11.6 Å². The fraction of sp³-hybridized carbons (Fsp3) is 0.217. The summed E-state index contributed by atoms with van der Waals surface area (Å²) in [6, 6.07) is 11.0. The molecule has 158 valence electrons. The zero-order valence-corrected chi connectivity index (χ0v) is 17.1. The van der Waals surface area contributed by atoms with E-state index in [0.717, 1.165) is 22.2 Å². The van der Waals surface area contributed by atoms with Gasteiger partial charge in [-0.25, -0.2) is 9.40 Å². The van der Waals surface area contributed by atoms with Crippen molar-refractivity contribution in [2.45, 2.75) is 12.8 Å². The molecule has 1 fully saturated rings. The van der Waals surface area contributed by atoms with E-state index in [1.807, 2.05) is 12.2 Å². The van der Waals surface area contributed by atoms with E-state index in [2.05, 4.69) is 0 Å². The van der Waals surface area contributed by atoms with E-state index < -0.39 is 47.7 Å². The highest BCUT2D eigenvalue weighted by atomic mass is 35.5. The summed E-state index contributed by atoms with van der Waals surface area (Å²) in [4.78, 5) is 52.3. The number of hydrogen-bond acceptors (Lipinski definition) is 4. The van der Waals surface area contributed by atoms with Gasteiger partial charge in [0.2, 0.25) is 0 Å². The monoisotopic (exact) mass is 440 g/mol. The van der Waals surface area contributed by atoms with Gasteiger partial charge in [-0.2, -0.15) is 5.01 Å². The second-order valence-electron chi connectivity index (χ2n) is 7.42. The minimum Gasteiger partial charge on any atom is -0.292 e. The molecule has 1 saturated heterocycles. The summed E-state index contributed by atoms with van der Waals surface area (Å²) < 4.78 is 13.2. The van der Waals surface area contributed by atoms with Crippen molar-refractivity contribution in [1.82, 2.24) is 10.0 Å². The maximum absolute atomic E-state index is 13.3. The van der Waals surface area contributed by atoms with Crippen LogP contribution in [0.25, 0.3) is 0 Å². The van der Waals surface area contributed by atoms with Crippen molar-refractivity contribution in [1.29, 1.82) is 0 Å². The Morgan fingerprint density at radius 1 is 0.968 bits per heavy atom. The van der Waals surface area contributed by atoms with E-state index in [1.165, 1.54) is 24.3 Å². The van der Waals surface area contributed by atoms with Gasteiger partial charge in [-0.15, -0.1) is 0 Å². The number of Topliss-reactive ketones (excluding diaryl/α,β-unsaturated/α-hetero) is 1. The van der Waals surface area contributed by atoms with E-state index in [9.17, 15) is 23.6 Å². The Hall–Kier alpha value is -3.32. The molecule has 2 atom stereocenters. The topological polar surface area (TPSA) is 74.8 Å².